The smallest absolute Gasteiger partial charge is 0.264 e. The fourth-order valence-corrected chi connectivity index (χ4v) is 1.64. The van der Waals surface area contributed by atoms with E-state index < -0.39 is 0 Å². The van der Waals surface area contributed by atoms with Crippen LogP contribution in [0, 0.1) is 18.8 Å². The molecule has 0 spiro atoms. The highest BCUT2D eigenvalue weighted by Crippen LogP contribution is 2.11. The molecule has 0 aliphatic rings. The molecule has 0 saturated carbocycles. The molecule has 1 aromatic heterocycles. The maximum absolute atomic E-state index is 12.1. The Kier molecular flexibility index (Phi) is 4.49. The third-order valence-electron chi connectivity index (χ3n) is 2.72. The van der Waals surface area contributed by atoms with E-state index in [4.69, 9.17) is 5.11 Å². The molecule has 2 rings (SSSR count). The molecule has 3 N–H and O–H groups in total. The second-order valence-electron chi connectivity index (χ2n) is 4.25. The molecule has 21 heavy (non-hydrogen) atoms. The average molecular weight is 283 g/mol. The Morgan fingerprint density at radius 3 is 2.86 bits per heavy atom. The van der Waals surface area contributed by atoms with Gasteiger partial charge in [-0.2, -0.15) is 5.10 Å². The Morgan fingerprint density at radius 1 is 1.38 bits per heavy atom. The zero-order valence-electron chi connectivity index (χ0n) is 11.3. The highest BCUT2D eigenvalue weighted by molar-refractivity contribution is 6.04. The van der Waals surface area contributed by atoms with E-state index in [-0.39, 0.29) is 23.9 Å². The second kappa shape index (κ2) is 6.50. The summed E-state index contributed by atoms with van der Waals surface area (Å²) >= 11 is 0. The lowest BCUT2D eigenvalue weighted by molar-refractivity contribution is 0.102. The molecule has 2 aromatic rings. The third kappa shape index (κ3) is 3.78. The van der Waals surface area contributed by atoms with Crippen LogP contribution in [0.4, 0.5) is 5.82 Å². The van der Waals surface area contributed by atoms with Gasteiger partial charge >= 0.3 is 0 Å². The summed E-state index contributed by atoms with van der Waals surface area (Å²) in [4.78, 5) is 23.0. The Bertz CT molecular complexity index is 764. The van der Waals surface area contributed by atoms with Crippen LogP contribution in [0.2, 0.25) is 0 Å². The number of carbonyl (C=O) groups is 1. The van der Waals surface area contributed by atoms with E-state index in [1.54, 1.807) is 18.2 Å². The summed E-state index contributed by atoms with van der Waals surface area (Å²) in [5.74, 6) is 5.23. The molecule has 0 fully saturated rings. The van der Waals surface area contributed by atoms with Gasteiger partial charge in [0.15, 0.2) is 5.82 Å². The predicted molar refractivity (Wildman–Crippen MR) is 78.0 cm³/mol. The second-order valence-corrected chi connectivity index (χ2v) is 4.25. The first-order chi connectivity index (χ1) is 10.1. The molecule has 6 heteroatoms. The van der Waals surface area contributed by atoms with Crippen molar-refractivity contribution in [2.45, 2.75) is 6.92 Å². The van der Waals surface area contributed by atoms with Gasteiger partial charge in [-0.1, -0.05) is 17.9 Å². The van der Waals surface area contributed by atoms with Crippen LogP contribution >= 0.6 is 0 Å². The lowest BCUT2D eigenvalue weighted by Crippen LogP contribution is -2.16. The fraction of sp³-hybridized carbons (Fsp3) is 0.133. The number of H-pyrrole nitrogens is 1. The maximum Gasteiger partial charge on any atom is 0.264 e. The molecule has 0 atom stereocenters. The summed E-state index contributed by atoms with van der Waals surface area (Å²) in [6.45, 7) is 1.63. The highest BCUT2D eigenvalue weighted by atomic mass is 16.2. The van der Waals surface area contributed by atoms with Gasteiger partial charge in [0.2, 0.25) is 0 Å². The number of aryl methyl sites for hydroxylation is 1. The number of aromatic amines is 1. The van der Waals surface area contributed by atoms with Crippen LogP contribution in [0.1, 0.15) is 21.5 Å². The van der Waals surface area contributed by atoms with Crippen LogP contribution in [0.25, 0.3) is 0 Å². The summed E-state index contributed by atoms with van der Waals surface area (Å²) in [5, 5.41) is 17.2. The number of benzene rings is 1. The standard InChI is InChI=1S/C15H13N3O3/c1-10-4-5-12(9-11(10)3-2-8-19)15(21)16-13-6-7-14(20)18-17-13/h4-7,9,19H,8H2,1H3,(H,18,20)(H,16,17,21). The molecular weight excluding hydrogens is 270 g/mol. The van der Waals surface area contributed by atoms with Crippen LogP contribution < -0.4 is 10.9 Å². The molecule has 1 amide bonds. The number of aliphatic hydroxyl groups is 1. The zero-order valence-corrected chi connectivity index (χ0v) is 11.3. The molecule has 0 saturated heterocycles. The number of hydrogen-bond donors (Lipinski definition) is 3. The minimum absolute atomic E-state index is 0.239. The summed E-state index contributed by atoms with van der Waals surface area (Å²) < 4.78 is 0. The number of carbonyl (C=O) groups excluding carboxylic acids is 1. The molecule has 0 unspecified atom stereocenters. The van der Waals surface area contributed by atoms with Crippen molar-refractivity contribution < 1.29 is 9.90 Å². The number of anilines is 1. The molecule has 0 aliphatic carbocycles. The van der Waals surface area contributed by atoms with Crippen molar-refractivity contribution in [1.29, 1.82) is 0 Å². The van der Waals surface area contributed by atoms with Gasteiger partial charge in [0.05, 0.1) is 0 Å². The lowest BCUT2D eigenvalue weighted by atomic mass is 10.0. The summed E-state index contributed by atoms with van der Waals surface area (Å²) in [7, 11) is 0. The first-order valence-electron chi connectivity index (χ1n) is 6.17. The van der Waals surface area contributed by atoms with Crippen molar-refractivity contribution >= 4 is 11.7 Å². The summed E-state index contributed by atoms with van der Waals surface area (Å²) in [6.07, 6.45) is 0. The molecule has 1 aromatic carbocycles. The number of rotatable bonds is 2. The number of aromatic nitrogens is 2. The van der Waals surface area contributed by atoms with Crippen molar-refractivity contribution in [3.05, 3.63) is 57.4 Å². The van der Waals surface area contributed by atoms with E-state index in [1.165, 1.54) is 12.1 Å². The van der Waals surface area contributed by atoms with Crippen molar-refractivity contribution in [3.63, 3.8) is 0 Å². The monoisotopic (exact) mass is 283 g/mol. The Balaban J connectivity index is 2.23. The minimum atomic E-state index is -0.360. The fourth-order valence-electron chi connectivity index (χ4n) is 1.64. The zero-order chi connectivity index (χ0) is 15.2. The average Bonchev–Trinajstić information content (AvgIpc) is 2.48. The number of hydrogen-bond acceptors (Lipinski definition) is 4. The Labute approximate surface area is 120 Å². The Morgan fingerprint density at radius 2 is 2.19 bits per heavy atom. The predicted octanol–water partition coefficient (Wildman–Crippen LogP) is 0.674. The van der Waals surface area contributed by atoms with E-state index in [0.29, 0.717) is 11.1 Å². The van der Waals surface area contributed by atoms with Gasteiger partial charge in [0, 0.05) is 17.2 Å². The molecule has 106 valence electrons. The van der Waals surface area contributed by atoms with E-state index >= 15 is 0 Å². The van der Waals surface area contributed by atoms with Crippen molar-refractivity contribution in [2.75, 3.05) is 11.9 Å². The van der Waals surface area contributed by atoms with Crippen molar-refractivity contribution in [2.24, 2.45) is 0 Å². The van der Waals surface area contributed by atoms with Gasteiger partial charge in [0.25, 0.3) is 11.5 Å². The topological polar surface area (TPSA) is 95.1 Å². The normalized spacial score (nSPS) is 9.62. The maximum atomic E-state index is 12.1. The molecule has 0 radical (unpaired) electrons. The van der Waals surface area contributed by atoms with E-state index in [9.17, 15) is 9.59 Å². The molecule has 6 nitrogen and oxygen atoms in total. The highest BCUT2D eigenvalue weighted by Gasteiger charge is 2.08. The minimum Gasteiger partial charge on any atom is -0.384 e. The quantitative estimate of drug-likeness (QED) is 0.706. The molecule has 1 heterocycles. The van der Waals surface area contributed by atoms with Gasteiger partial charge in [0.1, 0.15) is 6.61 Å². The van der Waals surface area contributed by atoms with Crippen LogP contribution in [0.15, 0.2) is 35.1 Å². The summed E-state index contributed by atoms with van der Waals surface area (Å²) in [6, 6.07) is 7.77. The Hall–Kier alpha value is -2.91. The number of amides is 1. The first-order valence-corrected chi connectivity index (χ1v) is 6.17. The van der Waals surface area contributed by atoms with Gasteiger partial charge in [-0.25, -0.2) is 5.10 Å². The van der Waals surface area contributed by atoms with E-state index in [2.05, 4.69) is 27.4 Å². The number of aliphatic hydroxyl groups excluding tert-OH is 1. The molecular formula is C15H13N3O3. The molecule has 0 aliphatic heterocycles. The van der Waals surface area contributed by atoms with E-state index in [1.807, 2.05) is 6.92 Å². The third-order valence-corrected chi connectivity index (χ3v) is 2.72. The van der Waals surface area contributed by atoms with Gasteiger partial charge < -0.3 is 10.4 Å². The van der Waals surface area contributed by atoms with Gasteiger partial charge in [-0.3, -0.25) is 9.59 Å². The van der Waals surface area contributed by atoms with Crippen LogP contribution in [-0.4, -0.2) is 27.8 Å². The van der Waals surface area contributed by atoms with Gasteiger partial charge in [-0.15, -0.1) is 0 Å². The lowest BCUT2D eigenvalue weighted by Gasteiger charge is -2.05. The van der Waals surface area contributed by atoms with Gasteiger partial charge in [-0.05, 0) is 30.7 Å². The van der Waals surface area contributed by atoms with Crippen molar-refractivity contribution in [3.8, 4) is 11.8 Å². The summed E-state index contributed by atoms with van der Waals surface area (Å²) in [5.41, 5.74) is 1.65. The van der Waals surface area contributed by atoms with Crippen LogP contribution in [-0.2, 0) is 0 Å². The SMILES string of the molecule is Cc1ccc(C(=O)Nc2ccc(=O)[nH]n2)cc1C#CCO. The van der Waals surface area contributed by atoms with Crippen molar-refractivity contribution in [1.82, 2.24) is 10.2 Å². The molecule has 0 bridgehead atoms. The van der Waals surface area contributed by atoms with Crippen LogP contribution in [0.3, 0.4) is 0 Å². The first kappa shape index (κ1) is 14.5. The largest absolute Gasteiger partial charge is 0.384 e. The number of nitrogens with zero attached hydrogens (tertiary/aromatic N) is 1. The van der Waals surface area contributed by atoms with E-state index in [0.717, 1.165) is 5.56 Å². The van der Waals surface area contributed by atoms with Crippen LogP contribution in [0.5, 0.6) is 0 Å². The number of nitrogens with one attached hydrogen (secondary N) is 2.